The molecule has 1 aromatic heterocycles. The number of H-pyrrole nitrogens is 1. The SMILES string of the molecule is CN(C(=O)c1cc(=O)[nH]o1)C(C(=O)Cc1ccc([Si](C)(C)C)cc1)c1ccc(CO)cc1. The Morgan fingerprint density at radius 1 is 1.03 bits per heavy atom. The maximum absolute atomic E-state index is 13.4. The first-order chi connectivity index (χ1) is 15.1. The number of Topliss-reactive ketones (excluding diaryl/α,β-unsaturated/α-hetero) is 1. The van der Waals surface area contributed by atoms with E-state index in [2.05, 4.69) is 36.9 Å². The molecule has 0 aliphatic carbocycles. The maximum atomic E-state index is 13.4. The van der Waals surface area contributed by atoms with Crippen molar-refractivity contribution in [2.75, 3.05) is 7.05 Å². The Bertz CT molecular complexity index is 1140. The van der Waals surface area contributed by atoms with Crippen molar-refractivity contribution in [3.05, 3.63) is 87.4 Å². The number of hydrogen-bond acceptors (Lipinski definition) is 5. The third-order valence-electron chi connectivity index (χ3n) is 5.42. The average molecular weight is 453 g/mol. The molecule has 1 unspecified atom stereocenters. The second-order valence-corrected chi connectivity index (χ2v) is 14.0. The fourth-order valence-electron chi connectivity index (χ4n) is 3.53. The summed E-state index contributed by atoms with van der Waals surface area (Å²) in [5.74, 6) is -0.917. The lowest BCUT2D eigenvalue weighted by Gasteiger charge is -2.27. The van der Waals surface area contributed by atoms with Crippen LogP contribution in [0, 0.1) is 0 Å². The van der Waals surface area contributed by atoms with Crippen molar-refractivity contribution in [3.63, 3.8) is 0 Å². The predicted octanol–water partition coefficient (Wildman–Crippen LogP) is 2.63. The summed E-state index contributed by atoms with van der Waals surface area (Å²) < 4.78 is 4.94. The van der Waals surface area contributed by atoms with Crippen LogP contribution < -0.4 is 10.7 Å². The molecule has 1 amide bonds. The molecule has 2 N–H and O–H groups in total. The third-order valence-corrected chi connectivity index (χ3v) is 7.49. The Hall–Kier alpha value is -3.23. The van der Waals surface area contributed by atoms with Gasteiger partial charge in [0.2, 0.25) is 5.76 Å². The highest BCUT2D eigenvalue weighted by atomic mass is 28.3. The van der Waals surface area contributed by atoms with Gasteiger partial charge in [-0.05, 0) is 16.7 Å². The van der Waals surface area contributed by atoms with Crippen LogP contribution >= 0.6 is 0 Å². The quantitative estimate of drug-likeness (QED) is 0.512. The van der Waals surface area contributed by atoms with E-state index in [0.717, 1.165) is 11.6 Å². The lowest BCUT2D eigenvalue weighted by Crippen LogP contribution is -2.38. The van der Waals surface area contributed by atoms with E-state index in [-0.39, 0.29) is 24.6 Å². The van der Waals surface area contributed by atoms with Crippen LogP contribution in [0.2, 0.25) is 19.6 Å². The molecule has 3 aromatic rings. The van der Waals surface area contributed by atoms with Crippen LogP contribution in [0.4, 0.5) is 0 Å². The van der Waals surface area contributed by atoms with Crippen LogP contribution in [0.5, 0.6) is 0 Å². The highest BCUT2D eigenvalue weighted by molar-refractivity contribution is 6.88. The van der Waals surface area contributed by atoms with Gasteiger partial charge in [-0.2, -0.15) is 5.16 Å². The van der Waals surface area contributed by atoms with Crippen LogP contribution in [-0.4, -0.2) is 42.0 Å². The van der Waals surface area contributed by atoms with Gasteiger partial charge in [0, 0.05) is 13.5 Å². The molecule has 32 heavy (non-hydrogen) atoms. The van der Waals surface area contributed by atoms with Gasteiger partial charge in [0.1, 0.15) is 6.04 Å². The molecule has 0 spiro atoms. The van der Waals surface area contributed by atoms with Gasteiger partial charge in [0.05, 0.1) is 20.7 Å². The van der Waals surface area contributed by atoms with Gasteiger partial charge >= 0.3 is 0 Å². The number of nitrogens with one attached hydrogen (secondary N) is 1. The first kappa shape index (κ1) is 23.4. The number of hydrogen-bond donors (Lipinski definition) is 2. The van der Waals surface area contributed by atoms with Crippen LogP contribution in [0.15, 0.2) is 63.9 Å². The van der Waals surface area contributed by atoms with Gasteiger partial charge in [-0.15, -0.1) is 0 Å². The number of aliphatic hydroxyl groups is 1. The molecule has 0 saturated heterocycles. The molecule has 8 heteroatoms. The number of nitrogens with zero attached hydrogens (tertiary/aromatic N) is 1. The number of aromatic amines is 1. The minimum atomic E-state index is -1.45. The summed E-state index contributed by atoms with van der Waals surface area (Å²) in [6, 6.07) is 15.1. The largest absolute Gasteiger partial charge is 0.392 e. The van der Waals surface area contributed by atoms with Crippen molar-refractivity contribution in [1.82, 2.24) is 10.1 Å². The monoisotopic (exact) mass is 452 g/mol. The Morgan fingerprint density at radius 3 is 2.12 bits per heavy atom. The molecular weight excluding hydrogens is 424 g/mol. The van der Waals surface area contributed by atoms with Gasteiger partial charge in [-0.1, -0.05) is 73.4 Å². The second-order valence-electron chi connectivity index (χ2n) is 8.89. The Balaban J connectivity index is 1.91. The summed E-state index contributed by atoms with van der Waals surface area (Å²) >= 11 is 0. The number of carbonyl (C=O) groups excluding carboxylic acids is 2. The zero-order chi connectivity index (χ0) is 23.5. The van der Waals surface area contributed by atoms with Crippen molar-refractivity contribution in [3.8, 4) is 0 Å². The zero-order valence-electron chi connectivity index (χ0n) is 18.7. The number of aromatic nitrogens is 1. The lowest BCUT2D eigenvalue weighted by molar-refractivity contribution is -0.122. The predicted molar refractivity (Wildman–Crippen MR) is 125 cm³/mol. The molecule has 2 aromatic carbocycles. The van der Waals surface area contributed by atoms with Crippen molar-refractivity contribution in [1.29, 1.82) is 0 Å². The van der Waals surface area contributed by atoms with Gasteiger partial charge in [0.15, 0.2) is 5.78 Å². The van der Waals surface area contributed by atoms with Crippen LogP contribution in [0.1, 0.15) is 33.3 Å². The average Bonchev–Trinajstić information content (AvgIpc) is 3.19. The molecule has 0 aliphatic rings. The Labute approximate surface area is 187 Å². The van der Waals surface area contributed by atoms with Crippen LogP contribution in [0.3, 0.4) is 0 Å². The molecule has 0 bridgehead atoms. The van der Waals surface area contributed by atoms with E-state index in [1.807, 2.05) is 12.1 Å². The number of benzene rings is 2. The van der Waals surface area contributed by atoms with Crippen molar-refractivity contribution < 1.29 is 19.2 Å². The topological polar surface area (TPSA) is 104 Å². The zero-order valence-corrected chi connectivity index (χ0v) is 19.7. The van der Waals surface area contributed by atoms with Crippen LogP contribution in [-0.2, 0) is 17.8 Å². The summed E-state index contributed by atoms with van der Waals surface area (Å²) in [5.41, 5.74) is 1.65. The molecule has 0 radical (unpaired) electrons. The van der Waals surface area contributed by atoms with E-state index in [1.165, 1.54) is 17.1 Å². The molecule has 7 nitrogen and oxygen atoms in total. The number of likely N-dealkylation sites (N-methyl/N-ethyl adjacent to an activating group) is 1. The number of amides is 1. The molecular formula is C24H28N2O5Si. The van der Waals surface area contributed by atoms with E-state index < -0.39 is 25.6 Å². The van der Waals surface area contributed by atoms with Gasteiger partial charge < -0.3 is 14.5 Å². The molecule has 168 valence electrons. The molecule has 0 saturated carbocycles. The Kier molecular flexibility index (Phi) is 6.95. The smallest absolute Gasteiger partial charge is 0.293 e. The maximum Gasteiger partial charge on any atom is 0.293 e. The van der Waals surface area contributed by atoms with E-state index >= 15 is 0 Å². The van der Waals surface area contributed by atoms with E-state index in [1.54, 1.807) is 24.3 Å². The molecule has 1 atom stereocenters. The molecule has 0 aliphatic heterocycles. The number of rotatable bonds is 8. The fourth-order valence-corrected chi connectivity index (χ4v) is 4.70. The van der Waals surface area contributed by atoms with Crippen molar-refractivity contribution in [2.45, 2.75) is 38.7 Å². The number of ketones is 1. The second kappa shape index (κ2) is 9.50. The van der Waals surface area contributed by atoms with E-state index in [4.69, 9.17) is 4.52 Å². The minimum Gasteiger partial charge on any atom is -0.392 e. The first-order valence-electron chi connectivity index (χ1n) is 10.4. The summed E-state index contributed by atoms with van der Waals surface area (Å²) in [7, 11) is 0.0609. The summed E-state index contributed by atoms with van der Waals surface area (Å²) in [4.78, 5) is 39.0. The Morgan fingerprint density at radius 2 is 1.62 bits per heavy atom. The van der Waals surface area contributed by atoms with E-state index in [0.29, 0.717) is 11.1 Å². The molecule has 0 fully saturated rings. The van der Waals surface area contributed by atoms with Crippen molar-refractivity contribution >= 4 is 25.0 Å². The van der Waals surface area contributed by atoms with Gasteiger partial charge in [-0.3, -0.25) is 14.4 Å². The normalized spacial score (nSPS) is 12.4. The van der Waals surface area contributed by atoms with Crippen LogP contribution in [0.25, 0.3) is 0 Å². The lowest BCUT2D eigenvalue weighted by atomic mass is 9.95. The third kappa shape index (κ3) is 5.33. The number of aliphatic hydroxyl groups excluding tert-OH is 1. The van der Waals surface area contributed by atoms with Gasteiger partial charge in [0.25, 0.3) is 11.5 Å². The summed E-state index contributed by atoms with van der Waals surface area (Å²) in [5, 5.41) is 12.7. The molecule has 1 heterocycles. The molecule has 3 rings (SSSR count). The van der Waals surface area contributed by atoms with E-state index in [9.17, 15) is 19.5 Å². The van der Waals surface area contributed by atoms with Gasteiger partial charge in [-0.25, -0.2) is 0 Å². The highest BCUT2D eigenvalue weighted by Gasteiger charge is 2.31. The first-order valence-corrected chi connectivity index (χ1v) is 13.9. The highest BCUT2D eigenvalue weighted by Crippen LogP contribution is 2.25. The fraction of sp³-hybridized carbons (Fsp3) is 0.292. The standard InChI is InChI=1S/C24H28N2O5Si/c1-26(24(30)21-14-22(29)25-31-21)23(18-9-5-17(15-27)6-10-18)20(28)13-16-7-11-19(12-8-16)32(2,3)4/h5-12,14,23,27H,13,15H2,1-4H3,(H,25,29). The number of carbonyl (C=O) groups is 2. The summed E-state index contributed by atoms with van der Waals surface area (Å²) in [6.45, 7) is 6.67. The van der Waals surface area contributed by atoms with Crippen molar-refractivity contribution in [2.24, 2.45) is 0 Å². The summed E-state index contributed by atoms with van der Waals surface area (Å²) in [6.07, 6.45) is 0.146. The minimum absolute atomic E-state index is 0.119.